The van der Waals surface area contributed by atoms with Crippen LogP contribution in [-0.4, -0.2) is 43.8 Å². The first-order valence-electron chi connectivity index (χ1n) is 9.39. The molecule has 3 aliphatic rings. The van der Waals surface area contributed by atoms with E-state index in [9.17, 15) is 9.59 Å². The van der Waals surface area contributed by atoms with Gasteiger partial charge in [0.25, 0.3) is 0 Å². The largest absolute Gasteiger partial charge is 0.552 e. The predicted molar refractivity (Wildman–Crippen MR) is 95.6 cm³/mol. The summed E-state index contributed by atoms with van der Waals surface area (Å²) in [4.78, 5) is 24.4. The summed E-state index contributed by atoms with van der Waals surface area (Å²) >= 11 is 0. The van der Waals surface area contributed by atoms with Crippen LogP contribution in [0.4, 0.5) is 0 Å². The first kappa shape index (κ1) is 16.8. The fourth-order valence-electron chi connectivity index (χ4n) is 4.39. The van der Waals surface area contributed by atoms with E-state index in [4.69, 9.17) is 18.5 Å². The number of carbonyl (C=O) groups excluding carboxylic acids is 2. The highest BCUT2D eigenvalue weighted by molar-refractivity contribution is 6.51. The van der Waals surface area contributed by atoms with Gasteiger partial charge in [0.1, 0.15) is 12.2 Å². The summed E-state index contributed by atoms with van der Waals surface area (Å²) in [5.74, 6) is -1.11. The van der Waals surface area contributed by atoms with Crippen LogP contribution in [0.5, 0.6) is 0 Å². The van der Waals surface area contributed by atoms with Crippen molar-refractivity contribution in [1.82, 2.24) is 5.32 Å². The Bertz CT molecular complexity index is 882. The average molecular weight is 369 g/mol. The average Bonchev–Trinajstić information content (AvgIpc) is 3.45. The van der Waals surface area contributed by atoms with E-state index >= 15 is 0 Å². The summed E-state index contributed by atoms with van der Waals surface area (Å²) < 4.78 is 22.1. The van der Waals surface area contributed by atoms with Crippen LogP contribution >= 0.6 is 0 Å². The quantitative estimate of drug-likeness (QED) is 0.807. The molecule has 0 radical (unpaired) electrons. The van der Waals surface area contributed by atoms with Crippen LogP contribution in [0, 0.1) is 5.92 Å². The van der Waals surface area contributed by atoms with Crippen LogP contribution in [0.3, 0.4) is 0 Å². The van der Waals surface area contributed by atoms with Crippen molar-refractivity contribution < 1.29 is 28.1 Å². The summed E-state index contributed by atoms with van der Waals surface area (Å²) in [5.41, 5.74) is 1.72. The fraction of sp³-hybridized carbons (Fsp3) is 0.474. The second-order valence-electron chi connectivity index (χ2n) is 7.46. The van der Waals surface area contributed by atoms with Gasteiger partial charge in [-0.3, -0.25) is 9.59 Å². The van der Waals surface area contributed by atoms with Crippen molar-refractivity contribution in [2.75, 3.05) is 6.61 Å². The van der Waals surface area contributed by atoms with Gasteiger partial charge in [0, 0.05) is 5.39 Å². The molecule has 4 heterocycles. The molecule has 140 valence electrons. The highest BCUT2D eigenvalue weighted by Gasteiger charge is 2.47. The normalized spacial score (nSPS) is 27.9. The highest BCUT2D eigenvalue weighted by Crippen LogP contribution is 2.39. The van der Waals surface area contributed by atoms with E-state index < -0.39 is 19.0 Å². The fourth-order valence-corrected chi connectivity index (χ4v) is 4.39. The maximum Gasteiger partial charge on any atom is 0.552 e. The lowest BCUT2D eigenvalue weighted by Crippen LogP contribution is -2.51. The molecule has 5 rings (SSSR count). The first-order chi connectivity index (χ1) is 13.2. The standard InChI is InChI=1S/C19H20BNO6/c22-18-10-25-20(27-18)17(7-11-9-24-15-4-2-1-3-13(11)15)21-19(23)14-8-12-5-6-16(14)26-12/h1-4,9,12,14,16-17H,5-8,10H2,(H,21,23)/t12-,14-,16+,17+/m1/s1. The van der Waals surface area contributed by atoms with Crippen LogP contribution < -0.4 is 5.32 Å². The van der Waals surface area contributed by atoms with Crippen molar-refractivity contribution in [2.24, 2.45) is 5.92 Å². The summed E-state index contributed by atoms with van der Waals surface area (Å²) in [6.07, 6.45) is 5.03. The molecule has 7 nitrogen and oxygen atoms in total. The Kier molecular flexibility index (Phi) is 4.17. The Morgan fingerprint density at radius 3 is 2.93 bits per heavy atom. The van der Waals surface area contributed by atoms with E-state index in [1.807, 2.05) is 24.3 Å². The number of benzene rings is 1. The molecule has 3 aliphatic heterocycles. The molecule has 0 aliphatic carbocycles. The van der Waals surface area contributed by atoms with Gasteiger partial charge in [-0.1, -0.05) is 18.2 Å². The van der Waals surface area contributed by atoms with Crippen molar-refractivity contribution in [3.8, 4) is 0 Å². The molecule has 1 amide bonds. The number of hydrogen-bond acceptors (Lipinski definition) is 6. The molecule has 8 heteroatoms. The van der Waals surface area contributed by atoms with Crippen molar-refractivity contribution in [2.45, 2.75) is 43.8 Å². The number of amides is 1. The number of carbonyl (C=O) groups is 2. The third-order valence-corrected chi connectivity index (χ3v) is 5.71. The molecule has 2 bridgehead atoms. The Morgan fingerprint density at radius 1 is 1.30 bits per heavy atom. The van der Waals surface area contributed by atoms with Gasteiger partial charge in [-0.05, 0) is 37.3 Å². The first-order valence-corrected chi connectivity index (χ1v) is 9.39. The molecule has 0 saturated carbocycles. The van der Waals surface area contributed by atoms with Crippen LogP contribution in [0.25, 0.3) is 11.0 Å². The molecule has 3 fully saturated rings. The van der Waals surface area contributed by atoms with Crippen molar-refractivity contribution in [3.63, 3.8) is 0 Å². The number of fused-ring (bicyclic) bond motifs is 3. The third-order valence-electron chi connectivity index (χ3n) is 5.71. The molecule has 1 aromatic heterocycles. The van der Waals surface area contributed by atoms with Crippen LogP contribution in [0.15, 0.2) is 34.9 Å². The molecule has 1 aromatic carbocycles. The van der Waals surface area contributed by atoms with Gasteiger partial charge in [-0.2, -0.15) is 0 Å². The lowest BCUT2D eigenvalue weighted by molar-refractivity contribution is -0.132. The molecule has 0 unspecified atom stereocenters. The SMILES string of the molecule is O=C1COB([C@H](Cc2coc3ccccc23)NC(=O)[C@@H]2C[C@H]3CC[C@@H]2O3)O1. The zero-order chi connectivity index (χ0) is 18.4. The molecule has 0 spiro atoms. The number of furan rings is 1. The predicted octanol–water partition coefficient (Wildman–Crippen LogP) is 1.63. The number of rotatable bonds is 5. The zero-order valence-electron chi connectivity index (χ0n) is 14.8. The summed E-state index contributed by atoms with van der Waals surface area (Å²) in [6.45, 7) is -0.0968. The smallest absolute Gasteiger partial charge is 0.507 e. The van der Waals surface area contributed by atoms with Crippen molar-refractivity contribution in [3.05, 3.63) is 36.1 Å². The van der Waals surface area contributed by atoms with Gasteiger partial charge in [-0.15, -0.1) is 0 Å². The zero-order valence-corrected chi connectivity index (χ0v) is 14.8. The molecule has 4 atom stereocenters. The van der Waals surface area contributed by atoms with E-state index in [1.165, 1.54) is 0 Å². The van der Waals surface area contributed by atoms with Crippen molar-refractivity contribution >= 4 is 30.0 Å². The van der Waals surface area contributed by atoms with Gasteiger partial charge in [0.05, 0.1) is 30.3 Å². The minimum absolute atomic E-state index is 0.00236. The van der Waals surface area contributed by atoms with Crippen molar-refractivity contribution in [1.29, 1.82) is 0 Å². The highest BCUT2D eigenvalue weighted by atomic mass is 16.7. The number of ether oxygens (including phenoxy) is 1. The number of para-hydroxylation sites is 1. The summed E-state index contributed by atoms with van der Waals surface area (Å²) in [7, 11) is -0.797. The lowest BCUT2D eigenvalue weighted by atomic mass is 9.74. The third kappa shape index (κ3) is 3.13. The topological polar surface area (TPSA) is 87.0 Å². The van der Waals surface area contributed by atoms with E-state index in [2.05, 4.69) is 5.32 Å². The van der Waals surface area contributed by atoms with Crippen LogP contribution in [-0.2, 0) is 30.1 Å². The lowest BCUT2D eigenvalue weighted by Gasteiger charge is -2.23. The Labute approximate surface area is 156 Å². The minimum Gasteiger partial charge on any atom is -0.507 e. The van der Waals surface area contributed by atoms with Gasteiger partial charge >= 0.3 is 13.1 Å². The van der Waals surface area contributed by atoms with E-state index in [0.29, 0.717) is 6.42 Å². The minimum atomic E-state index is -0.797. The van der Waals surface area contributed by atoms with Gasteiger partial charge in [0.2, 0.25) is 5.91 Å². The molecule has 3 saturated heterocycles. The van der Waals surface area contributed by atoms with Crippen LogP contribution in [0.1, 0.15) is 24.8 Å². The van der Waals surface area contributed by atoms with Gasteiger partial charge in [-0.25, -0.2) is 0 Å². The van der Waals surface area contributed by atoms with E-state index in [1.54, 1.807) is 6.26 Å². The molecule has 27 heavy (non-hydrogen) atoms. The Morgan fingerprint density at radius 2 is 2.19 bits per heavy atom. The van der Waals surface area contributed by atoms with E-state index in [-0.39, 0.29) is 30.6 Å². The van der Waals surface area contributed by atoms with Gasteiger partial charge in [0.15, 0.2) is 0 Å². The number of hydrogen-bond donors (Lipinski definition) is 1. The Hall–Kier alpha value is -2.32. The summed E-state index contributed by atoms with van der Waals surface area (Å²) in [6, 6.07) is 7.71. The molecule has 1 N–H and O–H groups in total. The molecular formula is C19H20BNO6. The maximum absolute atomic E-state index is 12.9. The number of nitrogens with one attached hydrogen (secondary N) is 1. The maximum atomic E-state index is 12.9. The van der Waals surface area contributed by atoms with Gasteiger partial charge < -0.3 is 23.8 Å². The van der Waals surface area contributed by atoms with E-state index in [0.717, 1.165) is 35.8 Å². The second-order valence-corrected chi connectivity index (χ2v) is 7.46. The Balaban J connectivity index is 1.36. The second kappa shape index (κ2) is 6.69. The molecular weight excluding hydrogens is 349 g/mol. The monoisotopic (exact) mass is 369 g/mol. The summed E-state index contributed by atoms with van der Waals surface area (Å²) in [5, 5.41) is 4.02. The van der Waals surface area contributed by atoms with Crippen LogP contribution in [0.2, 0.25) is 0 Å². The molecule has 2 aromatic rings.